The summed E-state index contributed by atoms with van der Waals surface area (Å²) in [6.45, 7) is 3.35. The third-order valence-corrected chi connectivity index (χ3v) is 7.02. The van der Waals surface area contributed by atoms with E-state index in [4.69, 9.17) is 13.8 Å². The van der Waals surface area contributed by atoms with Crippen LogP contribution in [0.25, 0.3) is 0 Å². The Hall–Kier alpha value is -0.990. The number of rotatable bonds is 27. The highest BCUT2D eigenvalue weighted by molar-refractivity contribution is 7.47. The van der Waals surface area contributed by atoms with Crippen LogP contribution < -0.4 is 5.32 Å². The zero-order chi connectivity index (χ0) is 27.6. The summed E-state index contributed by atoms with van der Waals surface area (Å²) in [5.74, 6) is -0.540. The number of carbonyl (C=O) groups excluding carboxylic acids is 2. The molecule has 2 atom stereocenters. The van der Waals surface area contributed by atoms with Crippen molar-refractivity contribution in [2.75, 3.05) is 26.4 Å². The minimum atomic E-state index is -4.38. The third-order valence-electron chi connectivity index (χ3n) is 6.04. The van der Waals surface area contributed by atoms with Crippen LogP contribution in [0.2, 0.25) is 0 Å². The first-order chi connectivity index (χ1) is 17.8. The molecular weight excluding hydrogens is 497 g/mol. The third kappa shape index (κ3) is 26.4. The predicted octanol–water partition coefficient (Wildman–Crippen LogP) is 6.20. The molecule has 9 nitrogen and oxygen atoms in total. The Morgan fingerprint density at radius 3 is 1.78 bits per heavy atom. The van der Waals surface area contributed by atoms with Crippen molar-refractivity contribution in [3.63, 3.8) is 0 Å². The Balaban J connectivity index is 3.62. The molecule has 0 saturated carbocycles. The van der Waals surface area contributed by atoms with Crippen LogP contribution in [0.15, 0.2) is 0 Å². The maximum atomic E-state index is 11.8. The van der Waals surface area contributed by atoms with Crippen LogP contribution in [0.3, 0.4) is 0 Å². The summed E-state index contributed by atoms with van der Waals surface area (Å²) in [7, 11) is -4.38. The number of esters is 1. The van der Waals surface area contributed by atoms with E-state index >= 15 is 0 Å². The van der Waals surface area contributed by atoms with Gasteiger partial charge in [-0.3, -0.25) is 18.6 Å². The van der Waals surface area contributed by atoms with Crippen LogP contribution in [0, 0.1) is 0 Å². The number of carbonyl (C=O) groups is 2. The molecule has 0 aromatic carbocycles. The molecule has 220 valence electrons. The molecule has 0 aromatic rings. The number of amides is 1. The van der Waals surface area contributed by atoms with E-state index in [1.807, 2.05) is 6.92 Å². The summed E-state index contributed by atoms with van der Waals surface area (Å²) in [5.41, 5.74) is 0. The average molecular weight is 552 g/mol. The molecular formula is C27H54NO8P. The van der Waals surface area contributed by atoms with Gasteiger partial charge in [-0.2, -0.15) is 0 Å². The van der Waals surface area contributed by atoms with Gasteiger partial charge in [0, 0.05) is 19.4 Å². The molecule has 1 amide bonds. The van der Waals surface area contributed by atoms with Crippen LogP contribution in [0.5, 0.6) is 0 Å². The van der Waals surface area contributed by atoms with Crippen molar-refractivity contribution in [3.8, 4) is 0 Å². The van der Waals surface area contributed by atoms with Crippen LogP contribution in [0.4, 0.5) is 0 Å². The maximum Gasteiger partial charge on any atom is 0.472 e. The molecule has 0 aromatic heterocycles. The molecule has 0 rings (SSSR count). The van der Waals surface area contributed by atoms with Gasteiger partial charge in [0.1, 0.15) is 12.7 Å². The molecule has 10 heteroatoms. The Morgan fingerprint density at radius 1 is 0.730 bits per heavy atom. The molecule has 0 aliphatic heterocycles. The van der Waals surface area contributed by atoms with E-state index in [9.17, 15) is 24.2 Å². The first-order valence-electron chi connectivity index (χ1n) is 14.5. The molecule has 2 unspecified atom stereocenters. The van der Waals surface area contributed by atoms with Gasteiger partial charge in [0.2, 0.25) is 5.91 Å². The van der Waals surface area contributed by atoms with E-state index < -0.39 is 26.5 Å². The molecule has 3 N–H and O–H groups in total. The monoisotopic (exact) mass is 551 g/mol. The van der Waals surface area contributed by atoms with Crippen molar-refractivity contribution < 1.29 is 37.9 Å². The van der Waals surface area contributed by atoms with Crippen molar-refractivity contribution in [2.45, 2.75) is 136 Å². The quantitative estimate of drug-likeness (QED) is 0.0624. The van der Waals surface area contributed by atoms with Gasteiger partial charge in [0.25, 0.3) is 0 Å². The summed E-state index contributed by atoms with van der Waals surface area (Å²) in [6.07, 6.45) is 18.2. The lowest BCUT2D eigenvalue weighted by atomic mass is 10.0. The average Bonchev–Trinajstić information content (AvgIpc) is 2.87. The van der Waals surface area contributed by atoms with Crippen LogP contribution in [0.1, 0.15) is 129 Å². The van der Waals surface area contributed by atoms with Crippen molar-refractivity contribution in [1.29, 1.82) is 0 Å². The van der Waals surface area contributed by atoms with Gasteiger partial charge in [-0.1, -0.05) is 104 Å². The smallest absolute Gasteiger partial charge is 0.463 e. The van der Waals surface area contributed by atoms with E-state index in [1.165, 1.54) is 64.2 Å². The fourth-order valence-electron chi connectivity index (χ4n) is 3.79. The molecule has 0 saturated heterocycles. The molecule has 0 spiro atoms. The van der Waals surface area contributed by atoms with Gasteiger partial charge in [-0.25, -0.2) is 4.57 Å². The SMILES string of the molecule is CCCCCCCCCCCCCCCC(=O)OCC(O)COP(=O)(O)OCCNC(=O)CCCCC. The van der Waals surface area contributed by atoms with Crippen molar-refractivity contribution >= 4 is 19.7 Å². The number of unbranched alkanes of at least 4 members (excludes halogenated alkanes) is 14. The lowest BCUT2D eigenvalue weighted by molar-refractivity contribution is -0.147. The number of phosphoric acid groups is 1. The van der Waals surface area contributed by atoms with Gasteiger partial charge in [0.05, 0.1) is 13.2 Å². The van der Waals surface area contributed by atoms with E-state index in [1.54, 1.807) is 0 Å². The lowest BCUT2D eigenvalue weighted by Crippen LogP contribution is -2.27. The predicted molar refractivity (Wildman–Crippen MR) is 146 cm³/mol. The first-order valence-corrected chi connectivity index (χ1v) is 16.0. The second-order valence-corrected chi connectivity index (χ2v) is 11.2. The maximum absolute atomic E-state index is 11.8. The number of hydrogen-bond acceptors (Lipinski definition) is 7. The van der Waals surface area contributed by atoms with E-state index in [0.29, 0.717) is 6.42 Å². The molecule has 0 bridgehead atoms. The van der Waals surface area contributed by atoms with Gasteiger partial charge in [0.15, 0.2) is 0 Å². The minimum Gasteiger partial charge on any atom is -0.463 e. The van der Waals surface area contributed by atoms with Gasteiger partial charge < -0.3 is 20.1 Å². The van der Waals surface area contributed by atoms with Gasteiger partial charge in [-0.05, 0) is 12.8 Å². The summed E-state index contributed by atoms with van der Waals surface area (Å²) >= 11 is 0. The molecule has 0 aliphatic carbocycles. The van der Waals surface area contributed by atoms with Crippen LogP contribution >= 0.6 is 7.82 Å². The number of aliphatic hydroxyl groups is 1. The number of aliphatic hydroxyl groups excluding tert-OH is 1. The highest BCUT2D eigenvalue weighted by atomic mass is 31.2. The second-order valence-electron chi connectivity index (χ2n) is 9.73. The molecule has 0 aliphatic rings. The Bertz CT molecular complexity index is 605. The summed E-state index contributed by atoms with van der Waals surface area (Å²) in [5, 5.41) is 12.4. The van der Waals surface area contributed by atoms with Crippen molar-refractivity contribution in [3.05, 3.63) is 0 Å². The summed E-state index contributed by atoms with van der Waals surface area (Å²) in [4.78, 5) is 33.0. The Kier molecular flexibility index (Phi) is 24.6. The van der Waals surface area contributed by atoms with Gasteiger partial charge >= 0.3 is 13.8 Å². The topological polar surface area (TPSA) is 131 Å². The fraction of sp³-hybridized carbons (Fsp3) is 0.926. The molecule has 0 fully saturated rings. The van der Waals surface area contributed by atoms with Crippen molar-refractivity contribution in [1.82, 2.24) is 5.32 Å². The van der Waals surface area contributed by atoms with Crippen molar-refractivity contribution in [2.24, 2.45) is 0 Å². The number of ether oxygens (including phenoxy) is 1. The molecule has 37 heavy (non-hydrogen) atoms. The fourth-order valence-corrected chi connectivity index (χ4v) is 4.55. The highest BCUT2D eigenvalue weighted by Crippen LogP contribution is 2.42. The Labute approximate surface area is 225 Å². The number of nitrogens with one attached hydrogen (secondary N) is 1. The second kappa shape index (κ2) is 25.3. The van der Waals surface area contributed by atoms with Crippen LogP contribution in [-0.2, 0) is 27.9 Å². The minimum absolute atomic E-state index is 0.0816. The zero-order valence-electron chi connectivity index (χ0n) is 23.4. The zero-order valence-corrected chi connectivity index (χ0v) is 24.3. The highest BCUT2D eigenvalue weighted by Gasteiger charge is 2.23. The number of hydrogen-bond donors (Lipinski definition) is 3. The van der Waals surface area contributed by atoms with Gasteiger partial charge in [-0.15, -0.1) is 0 Å². The standard InChI is InChI=1S/C27H54NO8P/c1-3-5-7-8-9-10-11-12-13-14-15-16-18-20-27(31)34-23-25(29)24-36-37(32,33)35-22-21-28-26(30)19-17-6-4-2/h25,29H,3-24H2,1-2H3,(H,28,30)(H,32,33). The summed E-state index contributed by atoms with van der Waals surface area (Å²) in [6, 6.07) is 0. The first kappa shape index (κ1) is 36.0. The lowest BCUT2D eigenvalue weighted by Gasteiger charge is -2.15. The van der Waals surface area contributed by atoms with Crippen LogP contribution in [-0.4, -0.2) is 54.3 Å². The van der Waals surface area contributed by atoms with E-state index in [-0.39, 0.29) is 32.1 Å². The molecule has 0 radical (unpaired) electrons. The number of phosphoric ester groups is 1. The van der Waals surface area contributed by atoms with E-state index in [0.717, 1.165) is 38.5 Å². The normalized spacial score (nSPS) is 13.7. The molecule has 0 heterocycles. The van der Waals surface area contributed by atoms with E-state index in [2.05, 4.69) is 12.2 Å². The summed E-state index contributed by atoms with van der Waals surface area (Å²) < 4.78 is 26.3. The Morgan fingerprint density at radius 2 is 1.22 bits per heavy atom. The largest absolute Gasteiger partial charge is 0.472 e.